The van der Waals surface area contributed by atoms with Crippen LogP contribution in [0.5, 0.6) is 5.75 Å². The van der Waals surface area contributed by atoms with Gasteiger partial charge in [-0.15, -0.1) is 0 Å². The molecule has 4 rings (SSSR count). The fourth-order valence-corrected chi connectivity index (χ4v) is 3.84. The van der Waals surface area contributed by atoms with E-state index in [4.69, 9.17) is 9.97 Å². The van der Waals surface area contributed by atoms with Gasteiger partial charge in [-0.2, -0.15) is 0 Å². The number of fused-ring (bicyclic) bond motifs is 4. The van der Waals surface area contributed by atoms with Gasteiger partial charge in [0.25, 0.3) is 5.91 Å². The van der Waals surface area contributed by atoms with Crippen LogP contribution in [-0.4, -0.2) is 45.1 Å². The monoisotopic (exact) mass is 388 g/mol. The lowest BCUT2D eigenvalue weighted by atomic mass is 10.0. The van der Waals surface area contributed by atoms with E-state index in [0.717, 1.165) is 24.0 Å². The first kappa shape index (κ1) is 19.1. The molecule has 0 fully saturated rings. The molecule has 0 aliphatic rings. The smallest absolute Gasteiger partial charge is 0.258 e. The van der Waals surface area contributed by atoms with Crippen LogP contribution in [0.2, 0.25) is 0 Å². The molecule has 1 amide bonds. The summed E-state index contributed by atoms with van der Waals surface area (Å²) in [4.78, 5) is 24.8. The molecular formula is C23H24N4O2. The zero-order valence-corrected chi connectivity index (χ0v) is 16.8. The van der Waals surface area contributed by atoms with E-state index in [0.29, 0.717) is 21.9 Å². The highest BCUT2D eigenvalue weighted by Gasteiger charge is 2.24. The summed E-state index contributed by atoms with van der Waals surface area (Å²) in [6.45, 7) is 7.66. The van der Waals surface area contributed by atoms with Gasteiger partial charge in [-0.05, 0) is 32.1 Å². The minimum Gasteiger partial charge on any atom is -0.506 e. The zero-order chi connectivity index (χ0) is 20.5. The van der Waals surface area contributed by atoms with Crippen molar-refractivity contribution in [3.05, 3.63) is 54.1 Å². The Morgan fingerprint density at radius 1 is 0.966 bits per heavy atom. The van der Waals surface area contributed by atoms with Crippen molar-refractivity contribution in [2.24, 2.45) is 0 Å². The molecule has 0 bridgehead atoms. The van der Waals surface area contributed by atoms with Crippen molar-refractivity contribution in [1.82, 2.24) is 20.2 Å². The first-order valence-corrected chi connectivity index (χ1v) is 9.90. The summed E-state index contributed by atoms with van der Waals surface area (Å²) >= 11 is 0. The number of amides is 1. The van der Waals surface area contributed by atoms with Crippen molar-refractivity contribution in [1.29, 1.82) is 0 Å². The van der Waals surface area contributed by atoms with E-state index in [-0.39, 0.29) is 23.4 Å². The van der Waals surface area contributed by atoms with E-state index in [2.05, 4.69) is 10.2 Å². The molecule has 0 saturated carbocycles. The molecule has 4 aromatic rings. The highest BCUT2D eigenvalue weighted by Crippen LogP contribution is 2.36. The maximum absolute atomic E-state index is 13.2. The van der Waals surface area contributed by atoms with Crippen LogP contribution in [0.1, 0.15) is 31.1 Å². The van der Waals surface area contributed by atoms with Crippen molar-refractivity contribution >= 4 is 38.7 Å². The van der Waals surface area contributed by atoms with Gasteiger partial charge >= 0.3 is 0 Å². The summed E-state index contributed by atoms with van der Waals surface area (Å²) in [7, 11) is 0. The van der Waals surface area contributed by atoms with Gasteiger partial charge in [0.2, 0.25) is 0 Å². The Morgan fingerprint density at radius 2 is 1.52 bits per heavy atom. The quantitative estimate of drug-likeness (QED) is 0.306. The number of benzene rings is 3. The molecule has 1 aromatic heterocycles. The number of carbonyl (C=O) groups excluding carboxylic acids is 1. The zero-order valence-electron chi connectivity index (χ0n) is 16.8. The predicted octanol–water partition coefficient (Wildman–Crippen LogP) is 4.06. The SMILES string of the molecule is CCN(CC)C(C)NC(=O)c1c(O)c2ccccc2c2nc3ccccc3nc12. The first-order valence-electron chi connectivity index (χ1n) is 9.90. The molecule has 0 saturated heterocycles. The second kappa shape index (κ2) is 7.64. The third kappa shape index (κ3) is 3.25. The molecule has 0 radical (unpaired) electrons. The summed E-state index contributed by atoms with van der Waals surface area (Å²) < 4.78 is 0. The van der Waals surface area contributed by atoms with Gasteiger partial charge in [0.05, 0.1) is 22.7 Å². The molecule has 6 heteroatoms. The maximum Gasteiger partial charge on any atom is 0.258 e. The Bertz CT molecular complexity index is 1220. The number of rotatable bonds is 5. The van der Waals surface area contributed by atoms with Crippen molar-refractivity contribution in [3.63, 3.8) is 0 Å². The lowest BCUT2D eigenvalue weighted by Crippen LogP contribution is -2.46. The third-order valence-electron chi connectivity index (χ3n) is 5.41. The molecule has 148 valence electrons. The molecule has 1 atom stereocenters. The fourth-order valence-electron chi connectivity index (χ4n) is 3.84. The molecule has 29 heavy (non-hydrogen) atoms. The Hall–Kier alpha value is -3.25. The number of phenolic OH excluding ortho intramolecular Hbond substituents is 1. The van der Waals surface area contributed by atoms with Gasteiger partial charge in [-0.25, -0.2) is 9.97 Å². The predicted molar refractivity (Wildman–Crippen MR) is 116 cm³/mol. The summed E-state index contributed by atoms with van der Waals surface area (Å²) in [5.41, 5.74) is 2.61. The Labute approximate surface area is 169 Å². The molecule has 3 aromatic carbocycles. The molecule has 2 N–H and O–H groups in total. The number of para-hydroxylation sites is 2. The highest BCUT2D eigenvalue weighted by atomic mass is 16.3. The Morgan fingerprint density at radius 3 is 2.14 bits per heavy atom. The van der Waals surface area contributed by atoms with Crippen LogP contribution in [0, 0.1) is 0 Å². The van der Waals surface area contributed by atoms with Crippen molar-refractivity contribution < 1.29 is 9.90 Å². The van der Waals surface area contributed by atoms with Crippen LogP contribution in [0.15, 0.2) is 48.5 Å². The number of hydrogen-bond donors (Lipinski definition) is 2. The molecule has 6 nitrogen and oxygen atoms in total. The third-order valence-corrected chi connectivity index (χ3v) is 5.41. The summed E-state index contributed by atoms with van der Waals surface area (Å²) in [5, 5.41) is 15.4. The lowest BCUT2D eigenvalue weighted by molar-refractivity contribution is 0.0874. The van der Waals surface area contributed by atoms with Crippen molar-refractivity contribution in [3.8, 4) is 5.75 Å². The van der Waals surface area contributed by atoms with Crippen LogP contribution in [0.25, 0.3) is 32.8 Å². The standard InChI is InChI=1S/C23H24N4O2/c1-4-27(5-2)14(3)24-23(29)19-21-20(15-10-6-7-11-16(15)22(19)28)25-17-12-8-9-13-18(17)26-21/h6-14,28H,4-5H2,1-3H3,(H,24,29). The molecule has 1 heterocycles. The number of phenols is 1. The average Bonchev–Trinajstić information content (AvgIpc) is 2.73. The summed E-state index contributed by atoms with van der Waals surface area (Å²) in [6.07, 6.45) is -0.174. The normalized spacial score (nSPS) is 12.7. The largest absolute Gasteiger partial charge is 0.506 e. The number of carbonyl (C=O) groups is 1. The van der Waals surface area contributed by atoms with Crippen LogP contribution in [-0.2, 0) is 0 Å². The topological polar surface area (TPSA) is 78.4 Å². The Balaban J connectivity index is 1.97. The maximum atomic E-state index is 13.2. The van der Waals surface area contributed by atoms with Gasteiger partial charge in [0.15, 0.2) is 0 Å². The lowest BCUT2D eigenvalue weighted by Gasteiger charge is -2.27. The average molecular weight is 388 g/mol. The van der Waals surface area contributed by atoms with E-state index in [1.807, 2.05) is 63.2 Å². The van der Waals surface area contributed by atoms with Gasteiger partial charge in [0.1, 0.15) is 16.8 Å². The highest BCUT2D eigenvalue weighted by molar-refractivity contribution is 6.19. The van der Waals surface area contributed by atoms with Crippen LogP contribution in [0.3, 0.4) is 0 Å². The molecular weight excluding hydrogens is 364 g/mol. The van der Waals surface area contributed by atoms with E-state index >= 15 is 0 Å². The van der Waals surface area contributed by atoms with E-state index < -0.39 is 0 Å². The van der Waals surface area contributed by atoms with Crippen molar-refractivity contribution in [2.45, 2.75) is 26.9 Å². The second-order valence-corrected chi connectivity index (χ2v) is 7.05. The fraction of sp³-hybridized carbons (Fsp3) is 0.261. The van der Waals surface area contributed by atoms with Gasteiger partial charge in [-0.1, -0.05) is 50.2 Å². The van der Waals surface area contributed by atoms with Crippen LogP contribution in [0.4, 0.5) is 0 Å². The van der Waals surface area contributed by atoms with Gasteiger partial charge < -0.3 is 10.4 Å². The number of nitrogens with zero attached hydrogens (tertiary/aromatic N) is 3. The first-order chi connectivity index (χ1) is 14.0. The summed E-state index contributed by atoms with van der Waals surface area (Å²) in [5.74, 6) is -0.427. The Kier molecular flexibility index (Phi) is 5.03. The molecule has 0 spiro atoms. The van der Waals surface area contributed by atoms with Gasteiger partial charge in [-0.3, -0.25) is 9.69 Å². The number of aromatic hydroxyl groups is 1. The molecule has 0 aliphatic carbocycles. The van der Waals surface area contributed by atoms with E-state index in [1.54, 1.807) is 6.07 Å². The second-order valence-electron chi connectivity index (χ2n) is 7.05. The minimum absolute atomic E-state index is 0.0677. The minimum atomic E-state index is -0.359. The molecule has 0 aliphatic heterocycles. The van der Waals surface area contributed by atoms with E-state index in [1.165, 1.54) is 0 Å². The van der Waals surface area contributed by atoms with Crippen molar-refractivity contribution in [2.75, 3.05) is 13.1 Å². The van der Waals surface area contributed by atoms with E-state index in [9.17, 15) is 9.90 Å². The number of hydrogen-bond acceptors (Lipinski definition) is 5. The van der Waals surface area contributed by atoms with Crippen LogP contribution >= 0.6 is 0 Å². The molecule has 1 unspecified atom stereocenters. The number of nitrogens with one attached hydrogen (secondary N) is 1. The number of aromatic nitrogens is 2. The summed E-state index contributed by atoms with van der Waals surface area (Å²) in [6, 6.07) is 15.0. The van der Waals surface area contributed by atoms with Gasteiger partial charge in [0, 0.05) is 10.8 Å². The van der Waals surface area contributed by atoms with Crippen LogP contribution < -0.4 is 5.32 Å².